The van der Waals surface area contributed by atoms with Gasteiger partial charge >= 0.3 is 124 Å². The molecule has 0 aliphatic carbocycles. The zero-order valence-electron chi connectivity index (χ0n) is 36.6. The van der Waals surface area contributed by atoms with Crippen LogP contribution in [0.2, 0.25) is 0 Å². The number of aromatic nitrogens is 4. The van der Waals surface area contributed by atoms with Gasteiger partial charge in [-0.2, -0.15) is 19.3 Å². The van der Waals surface area contributed by atoms with Gasteiger partial charge in [-0.3, -0.25) is 18.4 Å². The Hall–Kier alpha value is -1.75. The summed E-state index contributed by atoms with van der Waals surface area (Å²) in [6, 6.07) is 11.2. The molecule has 0 amide bonds. The molecule has 0 atom stereocenters. The van der Waals surface area contributed by atoms with Crippen LogP contribution in [0, 0.1) is 6.08 Å². The molecule has 0 radical (unpaired) electrons. The number of rotatable bonds is 24. The fraction of sp³-hybridized carbons (Fsp3) is 0.161. The molecule has 3 aromatic carbocycles. The Balaban J connectivity index is 0.0000101. The van der Waals surface area contributed by atoms with Crippen molar-refractivity contribution in [3.8, 4) is 0 Å². The number of nitrogen functional groups attached to an aromatic ring is 2. The van der Waals surface area contributed by atoms with Crippen LogP contribution in [0.15, 0.2) is 107 Å². The first-order chi connectivity index (χ1) is 31.6. The minimum absolute atomic E-state index is 0. The quantitative estimate of drug-likeness (QED) is 0.00848. The van der Waals surface area contributed by atoms with Gasteiger partial charge in [-0.05, 0) is 60.7 Å². The van der Waals surface area contributed by atoms with Crippen LogP contribution in [0.1, 0.15) is 7.43 Å². The molecule has 0 saturated carbocycles. The van der Waals surface area contributed by atoms with Crippen molar-refractivity contribution in [2.24, 2.45) is 20.5 Å². The SMILES string of the molecule is C.Nc1nc(N)c(N=Nc2ccc(S(=O)(=O)CCOSOO[O-])cc2S(=O)(=O)[O-])cc1N=Nc1cc(Nc2nc(F)nc(Nc3ccc(S(=O)(=O)CCOSOO[O-])cc3)n2)ccc1S(=O)(=O)[O-].[Na+].[Na+].[Na+].[Na+]. The van der Waals surface area contributed by atoms with Gasteiger partial charge in [-0.25, -0.2) is 38.7 Å². The molecule has 0 aliphatic heterocycles. The second-order valence-electron chi connectivity index (χ2n) is 12.1. The van der Waals surface area contributed by atoms with Crippen molar-refractivity contribution < 1.29 is 203 Å². The van der Waals surface area contributed by atoms with Gasteiger partial charge in [0.2, 0.25) is 11.9 Å². The Kier molecular flexibility index (Phi) is 31.3. The van der Waals surface area contributed by atoms with E-state index in [9.17, 15) is 57.7 Å². The predicted molar refractivity (Wildman–Crippen MR) is 225 cm³/mol. The number of nitrogens with two attached hydrogens (primary N) is 2. The normalized spacial score (nSPS) is 11.7. The van der Waals surface area contributed by atoms with Gasteiger partial charge in [0, 0.05) is 17.4 Å². The molecule has 0 saturated heterocycles. The fourth-order valence-electron chi connectivity index (χ4n) is 4.87. The maximum absolute atomic E-state index is 14.6. The molecule has 2 heterocycles. The van der Waals surface area contributed by atoms with E-state index in [0.717, 1.165) is 36.4 Å². The van der Waals surface area contributed by atoms with Gasteiger partial charge in [0.15, 0.2) is 56.0 Å². The predicted octanol–water partition coefficient (Wildman–Crippen LogP) is -9.50. The molecule has 0 unspecified atom stereocenters. The number of pyridine rings is 1. The summed E-state index contributed by atoms with van der Waals surface area (Å²) < 4.78 is 155. The summed E-state index contributed by atoms with van der Waals surface area (Å²) >= 11 is 0.168. The maximum Gasteiger partial charge on any atom is 1.00 e. The van der Waals surface area contributed by atoms with E-state index in [1.54, 1.807) is 0 Å². The Morgan fingerprint density at radius 2 is 1.00 bits per heavy atom. The molecule has 41 heteroatoms. The number of hydrogen-bond acceptors (Lipinski definition) is 32. The number of nitrogens with zero attached hydrogens (tertiary/aromatic N) is 8. The van der Waals surface area contributed by atoms with Crippen molar-refractivity contribution >= 4 is 122 Å². The first-order valence-corrected chi connectivity index (χ1v) is 24.6. The summed E-state index contributed by atoms with van der Waals surface area (Å²) in [5.74, 6) is -2.98. The smallest absolute Gasteiger partial charge is 0.744 e. The Morgan fingerprint density at radius 3 is 1.50 bits per heavy atom. The first kappa shape index (κ1) is 70.2. The standard InChI is InChI=1S/C30H29FN12O18S6.CH4.4Na/c31-28-37-29(34-16-1-4-18(5-2-16)64(46,47)11-9-56-62-60-58-44)39-30(38-28)35-17-3-8-24(66(50,51)52)21(13-17)41-43-23-15-22(26(32)36-27(23)33)42-40-20-7-6-19(14-25(20)67(53,54)55)65(48,49)12-10-57-63-61-59-45;;;;;/h1-8,13-15,44-45H,9-12H2,(H4,32,33,36)(H,50,51,52)(H,53,54,55)(H2,34,35,37,38,39);1H4;;;;/q;;4*+1/p-4. The molecule has 0 bridgehead atoms. The van der Waals surface area contributed by atoms with Crippen LogP contribution in [0.3, 0.4) is 0 Å². The van der Waals surface area contributed by atoms with Crippen molar-refractivity contribution in [2.45, 2.75) is 27.0 Å². The number of anilines is 6. The van der Waals surface area contributed by atoms with Crippen LogP contribution < -0.4 is 151 Å². The Bertz CT molecular complexity index is 3130. The van der Waals surface area contributed by atoms with E-state index in [-0.39, 0.29) is 191 Å². The van der Waals surface area contributed by atoms with Crippen LogP contribution in [0.25, 0.3) is 0 Å². The van der Waals surface area contributed by atoms with E-state index in [1.807, 2.05) is 0 Å². The van der Waals surface area contributed by atoms with Crippen molar-refractivity contribution in [1.82, 2.24) is 19.9 Å². The molecular formula is C31H29FN12Na4O18S6. The third-order valence-corrected chi connectivity index (χ3v) is 13.6. The minimum atomic E-state index is -5.40. The molecule has 6 N–H and O–H groups in total. The molecule has 0 aliphatic rings. The van der Waals surface area contributed by atoms with E-state index >= 15 is 0 Å². The third-order valence-electron chi connectivity index (χ3n) is 7.77. The number of benzene rings is 3. The van der Waals surface area contributed by atoms with Crippen molar-refractivity contribution in [1.29, 1.82) is 0 Å². The summed E-state index contributed by atoms with van der Waals surface area (Å²) in [6.45, 7) is -0.916. The van der Waals surface area contributed by atoms with Crippen LogP contribution in [0.4, 0.5) is 62.0 Å². The third kappa shape index (κ3) is 21.3. The second-order valence-corrected chi connectivity index (χ2v) is 20.1. The molecule has 0 fully saturated rings. The minimum Gasteiger partial charge on any atom is -0.744 e. The second kappa shape index (κ2) is 32.1. The Morgan fingerprint density at radius 1 is 0.556 bits per heavy atom. The van der Waals surface area contributed by atoms with Gasteiger partial charge in [0.25, 0.3) is 0 Å². The average Bonchev–Trinajstić information content (AvgIpc) is 3.25. The average molecular weight is 1160 g/mol. The van der Waals surface area contributed by atoms with Gasteiger partial charge in [0.05, 0.1) is 44.3 Å². The zero-order valence-corrected chi connectivity index (χ0v) is 49.5. The van der Waals surface area contributed by atoms with Gasteiger partial charge in [0.1, 0.15) is 43.0 Å². The topological polar surface area (TPSA) is 461 Å². The monoisotopic (exact) mass is 1160 g/mol. The van der Waals surface area contributed by atoms with Gasteiger partial charge in [-0.15, -0.1) is 29.1 Å². The molecule has 30 nitrogen and oxygen atoms in total. The van der Waals surface area contributed by atoms with E-state index < -0.39 is 108 Å². The molecule has 5 aromatic rings. The largest absolute Gasteiger partial charge is 1.00 e. The molecule has 72 heavy (non-hydrogen) atoms. The van der Waals surface area contributed by atoms with Crippen LogP contribution in [0.5, 0.6) is 0 Å². The summed E-state index contributed by atoms with van der Waals surface area (Å²) in [4.78, 5) is 12.1. The summed E-state index contributed by atoms with van der Waals surface area (Å²) in [5, 5.41) is 46.0. The van der Waals surface area contributed by atoms with Crippen molar-refractivity contribution in [3.63, 3.8) is 0 Å². The van der Waals surface area contributed by atoms with E-state index in [4.69, 9.17) is 15.7 Å². The van der Waals surface area contributed by atoms with E-state index in [1.165, 1.54) is 24.3 Å². The first-order valence-electron chi connectivity index (χ1n) is 17.2. The number of sulfone groups is 2. The molecule has 5 rings (SSSR count). The molecule has 0 spiro atoms. The number of halogens is 1. The molecule has 368 valence electrons. The zero-order chi connectivity index (χ0) is 49.0. The van der Waals surface area contributed by atoms with Gasteiger partial charge < -0.3 is 41.7 Å². The number of hydrogen-bond donors (Lipinski definition) is 4. The summed E-state index contributed by atoms with van der Waals surface area (Å²) in [6.07, 6.45) is -1.31. The summed E-state index contributed by atoms with van der Waals surface area (Å²) in [7, 11) is -18.8. The van der Waals surface area contributed by atoms with Crippen LogP contribution >= 0.6 is 24.6 Å². The van der Waals surface area contributed by atoms with E-state index in [2.05, 4.69) is 74.0 Å². The van der Waals surface area contributed by atoms with E-state index in [0.29, 0.717) is 6.07 Å². The Labute approximate surface area is 505 Å². The fourth-order valence-corrected chi connectivity index (χ4v) is 9.01. The summed E-state index contributed by atoms with van der Waals surface area (Å²) in [5.41, 5.74) is 9.88. The number of azo groups is 2. The number of nitrogens with one attached hydrogen (secondary N) is 2. The van der Waals surface area contributed by atoms with Crippen molar-refractivity contribution in [3.05, 3.63) is 72.8 Å². The van der Waals surface area contributed by atoms with Crippen LogP contribution in [-0.2, 0) is 67.0 Å². The maximum atomic E-state index is 14.6. The van der Waals surface area contributed by atoms with Crippen molar-refractivity contribution in [2.75, 3.05) is 46.8 Å². The molecular weight excluding hydrogens is 1130 g/mol. The van der Waals surface area contributed by atoms with Crippen LogP contribution in [-0.4, -0.2) is 87.4 Å². The van der Waals surface area contributed by atoms with Gasteiger partial charge in [-0.1, -0.05) is 7.43 Å². The molecule has 2 aromatic heterocycles.